The van der Waals surface area contributed by atoms with Gasteiger partial charge in [0.25, 0.3) is 11.8 Å². The third-order valence-corrected chi connectivity index (χ3v) is 3.78. The first kappa shape index (κ1) is 17.3. The van der Waals surface area contributed by atoms with E-state index in [4.69, 9.17) is 0 Å². The zero-order chi connectivity index (χ0) is 18.2. The van der Waals surface area contributed by atoms with Crippen molar-refractivity contribution < 1.29 is 9.59 Å². The molecule has 1 aromatic carbocycles. The Morgan fingerprint density at radius 3 is 2.58 bits per heavy atom. The van der Waals surface area contributed by atoms with E-state index in [1.165, 1.54) is 18.0 Å². The monoisotopic (exact) mass is 349 g/mol. The Hall–Kier alpha value is -3.48. The molecule has 0 unspecified atom stereocenters. The summed E-state index contributed by atoms with van der Waals surface area (Å²) in [4.78, 5) is 28.4. The minimum absolute atomic E-state index is 0.217. The van der Waals surface area contributed by atoms with E-state index in [2.05, 4.69) is 37.9 Å². The summed E-state index contributed by atoms with van der Waals surface area (Å²) in [6, 6.07) is 15.1. The van der Waals surface area contributed by atoms with Crippen LogP contribution in [0.3, 0.4) is 0 Å². The van der Waals surface area contributed by atoms with Gasteiger partial charge in [0.1, 0.15) is 11.4 Å². The Morgan fingerprint density at radius 1 is 1.00 bits per heavy atom. The summed E-state index contributed by atoms with van der Waals surface area (Å²) in [6.45, 7) is 0.528. The topological polar surface area (TPSA) is 99.8 Å². The molecule has 0 aliphatic rings. The third-order valence-electron chi connectivity index (χ3n) is 3.78. The van der Waals surface area contributed by atoms with Gasteiger partial charge in [-0.25, -0.2) is 0 Å². The molecule has 0 radical (unpaired) electrons. The van der Waals surface area contributed by atoms with Crippen LogP contribution in [0.15, 0.2) is 60.9 Å². The molecule has 2 amide bonds. The highest BCUT2D eigenvalue weighted by molar-refractivity contribution is 6.07. The third kappa shape index (κ3) is 4.54. The van der Waals surface area contributed by atoms with E-state index < -0.39 is 5.91 Å². The van der Waals surface area contributed by atoms with Crippen LogP contribution in [0, 0.1) is 0 Å². The van der Waals surface area contributed by atoms with Crippen molar-refractivity contribution in [1.29, 1.82) is 0 Å². The largest absolute Gasteiger partial charge is 0.351 e. The predicted octanol–water partition coefficient (Wildman–Crippen LogP) is 2.42. The van der Waals surface area contributed by atoms with Gasteiger partial charge in [-0.1, -0.05) is 36.4 Å². The smallest absolute Gasteiger partial charge is 0.274 e. The van der Waals surface area contributed by atoms with E-state index in [9.17, 15) is 9.59 Å². The maximum absolute atomic E-state index is 12.3. The van der Waals surface area contributed by atoms with Gasteiger partial charge in [-0.3, -0.25) is 19.7 Å². The predicted molar refractivity (Wildman–Crippen MR) is 97.9 cm³/mol. The van der Waals surface area contributed by atoms with Gasteiger partial charge >= 0.3 is 0 Å². The SMILES string of the molecule is O=C(Nc1cn[nH]c1C(=O)NCCCc1ccccc1)c1ccccn1. The summed E-state index contributed by atoms with van der Waals surface area (Å²) in [5, 5.41) is 11.9. The van der Waals surface area contributed by atoms with Crippen molar-refractivity contribution >= 4 is 17.5 Å². The van der Waals surface area contributed by atoms with Crippen LogP contribution in [0.5, 0.6) is 0 Å². The summed E-state index contributed by atoms with van der Waals surface area (Å²) in [7, 11) is 0. The highest BCUT2D eigenvalue weighted by atomic mass is 16.2. The first-order valence-corrected chi connectivity index (χ1v) is 8.32. The fourth-order valence-corrected chi connectivity index (χ4v) is 2.46. The van der Waals surface area contributed by atoms with Crippen molar-refractivity contribution in [2.24, 2.45) is 0 Å². The highest BCUT2D eigenvalue weighted by Gasteiger charge is 2.16. The van der Waals surface area contributed by atoms with Gasteiger partial charge in [0.2, 0.25) is 0 Å². The van der Waals surface area contributed by atoms with Gasteiger partial charge in [0, 0.05) is 12.7 Å². The van der Waals surface area contributed by atoms with Crippen LogP contribution in [0.1, 0.15) is 33.0 Å². The van der Waals surface area contributed by atoms with Crippen molar-refractivity contribution in [3.8, 4) is 0 Å². The van der Waals surface area contributed by atoms with E-state index >= 15 is 0 Å². The number of hydrogen-bond donors (Lipinski definition) is 3. The lowest BCUT2D eigenvalue weighted by atomic mass is 10.1. The van der Waals surface area contributed by atoms with Gasteiger partial charge in [-0.15, -0.1) is 0 Å². The van der Waals surface area contributed by atoms with E-state index in [1.54, 1.807) is 18.2 Å². The second kappa shape index (κ2) is 8.57. The van der Waals surface area contributed by atoms with Crippen LogP contribution in [-0.4, -0.2) is 33.5 Å². The summed E-state index contributed by atoms with van der Waals surface area (Å²) >= 11 is 0. The Morgan fingerprint density at radius 2 is 1.81 bits per heavy atom. The molecule has 2 heterocycles. The highest BCUT2D eigenvalue weighted by Crippen LogP contribution is 2.13. The van der Waals surface area contributed by atoms with Gasteiger partial charge in [0.15, 0.2) is 0 Å². The number of anilines is 1. The van der Waals surface area contributed by atoms with E-state index in [-0.39, 0.29) is 17.3 Å². The van der Waals surface area contributed by atoms with Gasteiger partial charge in [-0.2, -0.15) is 5.10 Å². The molecule has 0 aliphatic carbocycles. The van der Waals surface area contributed by atoms with Crippen LogP contribution in [0.2, 0.25) is 0 Å². The molecular formula is C19H19N5O2. The lowest BCUT2D eigenvalue weighted by Gasteiger charge is -2.07. The normalized spacial score (nSPS) is 10.3. The van der Waals surface area contributed by atoms with E-state index in [1.807, 2.05) is 18.2 Å². The summed E-state index contributed by atoms with van der Waals surface area (Å²) in [5.74, 6) is -0.711. The minimum Gasteiger partial charge on any atom is -0.351 e. The van der Waals surface area contributed by atoms with Crippen LogP contribution in [0.4, 0.5) is 5.69 Å². The number of hydrogen-bond acceptors (Lipinski definition) is 4. The number of carbonyl (C=O) groups is 2. The lowest BCUT2D eigenvalue weighted by Crippen LogP contribution is -2.26. The van der Waals surface area contributed by atoms with Crippen LogP contribution < -0.4 is 10.6 Å². The number of amides is 2. The number of rotatable bonds is 7. The molecule has 0 atom stereocenters. The Kier molecular flexibility index (Phi) is 5.72. The summed E-state index contributed by atoms with van der Waals surface area (Å²) in [6.07, 6.45) is 4.64. The van der Waals surface area contributed by atoms with Gasteiger partial charge in [-0.05, 0) is 30.5 Å². The lowest BCUT2D eigenvalue weighted by molar-refractivity contribution is 0.0949. The fraction of sp³-hybridized carbons (Fsp3) is 0.158. The van der Waals surface area contributed by atoms with E-state index in [0.29, 0.717) is 12.2 Å². The number of H-pyrrole nitrogens is 1. The molecule has 0 bridgehead atoms. The number of nitrogens with zero attached hydrogens (tertiary/aromatic N) is 2. The first-order valence-electron chi connectivity index (χ1n) is 8.32. The molecule has 132 valence electrons. The van der Waals surface area contributed by atoms with E-state index in [0.717, 1.165) is 12.8 Å². The van der Waals surface area contributed by atoms with Crippen LogP contribution >= 0.6 is 0 Å². The van der Waals surface area contributed by atoms with Crippen LogP contribution in [0.25, 0.3) is 0 Å². The van der Waals surface area contributed by atoms with Crippen molar-refractivity contribution in [3.63, 3.8) is 0 Å². The molecule has 26 heavy (non-hydrogen) atoms. The number of carbonyl (C=O) groups excluding carboxylic acids is 2. The number of aryl methyl sites for hydroxylation is 1. The number of aromatic amines is 1. The van der Waals surface area contributed by atoms with Crippen LogP contribution in [-0.2, 0) is 6.42 Å². The molecule has 0 aliphatic heterocycles. The fourth-order valence-electron chi connectivity index (χ4n) is 2.46. The summed E-state index contributed by atoms with van der Waals surface area (Å²) < 4.78 is 0. The average Bonchev–Trinajstić information content (AvgIpc) is 3.15. The van der Waals surface area contributed by atoms with Gasteiger partial charge in [0.05, 0.1) is 11.9 Å². The average molecular weight is 349 g/mol. The Balaban J connectivity index is 1.52. The zero-order valence-corrected chi connectivity index (χ0v) is 14.1. The minimum atomic E-state index is -0.398. The molecular weight excluding hydrogens is 330 g/mol. The molecule has 7 heteroatoms. The van der Waals surface area contributed by atoms with Crippen molar-refractivity contribution in [2.75, 3.05) is 11.9 Å². The second-order valence-electron chi connectivity index (χ2n) is 5.67. The van der Waals surface area contributed by atoms with Crippen molar-refractivity contribution in [3.05, 3.63) is 77.9 Å². The maximum Gasteiger partial charge on any atom is 0.274 e. The first-order chi connectivity index (χ1) is 12.7. The molecule has 2 aromatic heterocycles. The molecule has 0 saturated carbocycles. The number of nitrogens with one attached hydrogen (secondary N) is 3. The molecule has 3 aromatic rings. The number of benzene rings is 1. The molecule has 3 rings (SSSR count). The van der Waals surface area contributed by atoms with Crippen molar-refractivity contribution in [1.82, 2.24) is 20.5 Å². The number of pyridine rings is 1. The summed E-state index contributed by atoms with van der Waals surface area (Å²) in [5.41, 5.74) is 2.03. The zero-order valence-electron chi connectivity index (χ0n) is 14.1. The van der Waals surface area contributed by atoms with Gasteiger partial charge < -0.3 is 10.6 Å². The standard InChI is InChI=1S/C19H19N5O2/c25-18(15-10-4-5-11-20-15)23-16-13-22-24-17(16)19(26)21-12-6-9-14-7-2-1-3-8-14/h1-5,7-8,10-11,13H,6,9,12H2,(H,21,26)(H,22,24)(H,23,25). The number of aromatic nitrogens is 3. The maximum atomic E-state index is 12.3. The second-order valence-corrected chi connectivity index (χ2v) is 5.67. The van der Waals surface area contributed by atoms with Crippen molar-refractivity contribution in [2.45, 2.75) is 12.8 Å². The molecule has 7 nitrogen and oxygen atoms in total. The molecule has 0 fully saturated rings. The Bertz CT molecular complexity index is 862. The molecule has 0 saturated heterocycles. The Labute approximate surface area is 150 Å². The quantitative estimate of drug-likeness (QED) is 0.570. The molecule has 3 N–H and O–H groups in total. The molecule has 0 spiro atoms.